The lowest BCUT2D eigenvalue weighted by molar-refractivity contribution is -0.165. The van der Waals surface area contributed by atoms with E-state index in [0.29, 0.717) is 16.7 Å². The fraction of sp³-hybridized carbons (Fsp3) is 0.409. The number of hydrogen-bond acceptors (Lipinski definition) is 8. The van der Waals surface area contributed by atoms with E-state index in [0.717, 1.165) is 4.90 Å². The fourth-order valence-corrected chi connectivity index (χ4v) is 3.67. The number of alkyl halides is 3. The van der Waals surface area contributed by atoms with Crippen molar-refractivity contribution >= 4 is 23.8 Å². The Kier molecular flexibility index (Phi) is 10.4. The van der Waals surface area contributed by atoms with Crippen molar-refractivity contribution in [3.8, 4) is 0 Å². The van der Waals surface area contributed by atoms with Gasteiger partial charge in [-0.15, -0.1) is 0 Å². The molecule has 41 heavy (non-hydrogen) atoms. The van der Waals surface area contributed by atoms with E-state index in [4.69, 9.17) is 31.3 Å². The monoisotopic (exact) mass is 600 g/mol. The molecule has 1 aromatic carbocycles. The van der Waals surface area contributed by atoms with Crippen LogP contribution in [0.25, 0.3) is 0 Å². The van der Waals surface area contributed by atoms with Gasteiger partial charge in [0.25, 0.3) is 0 Å². The number of halogens is 6. The molecule has 1 aliphatic rings. The van der Waals surface area contributed by atoms with E-state index >= 15 is 0 Å². The maximum Gasteiger partial charge on any atom is 0.449 e. The molecule has 0 bridgehead atoms. The molecule has 7 N–H and O–H groups in total. The molecule has 13 nitrogen and oxygen atoms in total. The summed E-state index contributed by atoms with van der Waals surface area (Å²) in [5, 5.41) is 41.7. The predicted octanol–water partition coefficient (Wildman–Crippen LogP) is 0.197. The average Bonchev–Trinajstić information content (AvgIpc) is 3.26. The van der Waals surface area contributed by atoms with Gasteiger partial charge in [0.1, 0.15) is 5.82 Å². The van der Waals surface area contributed by atoms with Crippen LogP contribution < -0.4 is 5.73 Å². The van der Waals surface area contributed by atoms with Gasteiger partial charge in [-0.2, -0.15) is 13.2 Å². The number of nitrogens with zero attached hydrogens (tertiary/aromatic N) is 3. The van der Waals surface area contributed by atoms with Crippen LogP contribution in [0, 0.1) is 17.5 Å². The number of carbonyl (C=O) groups is 4. The van der Waals surface area contributed by atoms with Crippen molar-refractivity contribution in [2.45, 2.75) is 50.4 Å². The zero-order valence-electron chi connectivity index (χ0n) is 20.5. The molecule has 3 atom stereocenters. The third-order valence-electron chi connectivity index (χ3n) is 5.63. The van der Waals surface area contributed by atoms with Crippen molar-refractivity contribution in [1.82, 2.24) is 14.5 Å². The second-order valence-electron chi connectivity index (χ2n) is 8.59. The Morgan fingerprint density at radius 2 is 1.46 bits per heavy atom. The smallest absolute Gasteiger partial charge is 0.449 e. The van der Waals surface area contributed by atoms with Crippen LogP contribution in [-0.2, 0) is 40.1 Å². The minimum absolute atomic E-state index is 0.156. The van der Waals surface area contributed by atoms with Crippen molar-refractivity contribution in [3.63, 3.8) is 0 Å². The van der Waals surface area contributed by atoms with E-state index in [1.54, 1.807) is 0 Å². The Bertz CT molecular complexity index is 1320. The van der Waals surface area contributed by atoms with E-state index in [1.165, 1.54) is 0 Å². The zero-order valence-corrected chi connectivity index (χ0v) is 20.5. The lowest BCUT2D eigenvalue weighted by Gasteiger charge is -2.30. The van der Waals surface area contributed by atoms with Crippen molar-refractivity contribution in [3.05, 3.63) is 52.4 Å². The van der Waals surface area contributed by atoms with Gasteiger partial charge in [-0.05, 0) is 18.1 Å². The highest BCUT2D eigenvalue weighted by Gasteiger charge is 2.41. The highest BCUT2D eigenvalue weighted by molar-refractivity contribution is 5.87. The summed E-state index contributed by atoms with van der Waals surface area (Å²) >= 11 is 0. The summed E-state index contributed by atoms with van der Waals surface area (Å²) in [5.41, 5.74) is 4.49. The number of benzene rings is 1. The number of fused-ring (bicyclic) bond motifs is 1. The molecular weight excluding hydrogens is 578 g/mol. The molecule has 0 unspecified atom stereocenters. The van der Waals surface area contributed by atoms with Crippen molar-refractivity contribution in [1.29, 1.82) is 0 Å². The van der Waals surface area contributed by atoms with Crippen LogP contribution in [0.3, 0.4) is 0 Å². The van der Waals surface area contributed by atoms with Gasteiger partial charge in [0.15, 0.2) is 29.5 Å². The molecule has 0 saturated heterocycles. The van der Waals surface area contributed by atoms with E-state index < -0.39 is 83.8 Å². The maximum absolute atomic E-state index is 13.8. The second kappa shape index (κ2) is 13.0. The topological polar surface area (TPSA) is 217 Å². The molecular formula is C22H22F6N4O9. The molecule has 1 amide bonds. The number of rotatable bonds is 8. The van der Waals surface area contributed by atoms with Gasteiger partial charge in [-0.25, -0.2) is 32.5 Å². The molecule has 0 fully saturated rings. The molecule has 1 aliphatic heterocycles. The molecule has 3 rings (SSSR count). The van der Waals surface area contributed by atoms with Crippen molar-refractivity contribution in [2.24, 2.45) is 5.73 Å². The lowest BCUT2D eigenvalue weighted by atomic mass is 10.0. The first-order valence-electron chi connectivity index (χ1n) is 11.2. The number of aliphatic hydroxyl groups excluding tert-OH is 2. The van der Waals surface area contributed by atoms with Crippen LogP contribution in [-0.4, -0.2) is 88.6 Å². The van der Waals surface area contributed by atoms with Crippen molar-refractivity contribution in [2.75, 3.05) is 6.54 Å². The molecule has 0 spiro atoms. The number of aliphatic carboxylic acids is 2. The summed E-state index contributed by atoms with van der Waals surface area (Å²) in [6.45, 7) is -0.921. The van der Waals surface area contributed by atoms with Gasteiger partial charge in [-0.1, -0.05) is 0 Å². The first-order valence-corrected chi connectivity index (χ1v) is 11.2. The quantitative estimate of drug-likeness (QED) is 0.178. The molecule has 0 radical (unpaired) electrons. The van der Waals surface area contributed by atoms with Gasteiger partial charge in [0.05, 0.1) is 12.2 Å². The lowest BCUT2D eigenvalue weighted by Crippen LogP contribution is -2.42. The number of hydrogen-bond donors (Lipinski definition) is 6. The second-order valence-corrected chi connectivity index (χ2v) is 8.59. The first-order chi connectivity index (χ1) is 18.8. The first kappa shape index (κ1) is 33.0. The number of aromatic carboxylic acids is 1. The maximum atomic E-state index is 13.8. The van der Waals surface area contributed by atoms with Crippen LogP contribution in [0.1, 0.15) is 34.0 Å². The molecule has 2 aromatic rings. The number of aromatic nitrogens is 2. The molecule has 0 aliphatic carbocycles. The minimum atomic E-state index is -4.87. The third kappa shape index (κ3) is 8.14. The molecule has 1 aromatic heterocycles. The Hall–Kier alpha value is -4.23. The van der Waals surface area contributed by atoms with E-state index in [9.17, 15) is 45.5 Å². The number of carbonyl (C=O) groups excluding carboxylic acids is 1. The normalized spacial score (nSPS) is 15.2. The summed E-state index contributed by atoms with van der Waals surface area (Å²) < 4.78 is 80.1. The third-order valence-corrected chi connectivity index (χ3v) is 5.63. The largest absolute Gasteiger partial charge is 0.479 e. The summed E-state index contributed by atoms with van der Waals surface area (Å²) in [7, 11) is 0. The average molecular weight is 600 g/mol. The molecule has 0 saturated carbocycles. The van der Waals surface area contributed by atoms with E-state index in [1.807, 2.05) is 0 Å². The zero-order chi connectivity index (χ0) is 31.4. The van der Waals surface area contributed by atoms with Crippen molar-refractivity contribution < 1.29 is 71.1 Å². The number of carboxylic acids is 3. The number of amides is 1. The standard InChI is InChI=1S/C18H16F6N4O3.C4H6O6/c19-10-6-12(21)11(20)4-8(10)3-9(25)5-14(29)27-1-2-28-13(7-27)15(16(30)31)26-17(28)18(22,23)24;5-1(3(7)8)2(6)4(9)10/h4,6,9H,1-3,5,7,25H2,(H,30,31);1-2,5-6H,(H,7,8)(H,9,10)/t9-;1-,2-/m10/s1. The highest BCUT2D eigenvalue weighted by Crippen LogP contribution is 2.32. The van der Waals surface area contributed by atoms with Crippen LogP contribution in [0.15, 0.2) is 12.1 Å². The molecule has 226 valence electrons. The van der Waals surface area contributed by atoms with E-state index in [-0.39, 0.29) is 37.2 Å². The van der Waals surface area contributed by atoms with Gasteiger partial charge in [0.2, 0.25) is 11.7 Å². The number of nitrogens with two attached hydrogens (primary N) is 1. The summed E-state index contributed by atoms with van der Waals surface area (Å²) in [5.74, 6) is -10.9. The Balaban J connectivity index is 0.000000503. The van der Waals surface area contributed by atoms with Gasteiger partial charge < -0.3 is 40.7 Å². The number of carboxylic acid groups (broad SMARTS) is 3. The Labute approximate surface area is 225 Å². The fourth-order valence-electron chi connectivity index (χ4n) is 3.67. The summed E-state index contributed by atoms with van der Waals surface area (Å²) in [4.78, 5) is 47.6. The minimum Gasteiger partial charge on any atom is -0.479 e. The SMILES string of the molecule is N[C@@H](CC(=O)N1CCn2c(C(F)(F)F)nc(C(=O)O)c2C1)Cc1cc(F)c(F)cc1F.O=C(O)[C@@H](O)[C@H](O)C(=O)O. The Morgan fingerprint density at radius 3 is 1.95 bits per heavy atom. The highest BCUT2D eigenvalue weighted by atomic mass is 19.4. The van der Waals surface area contributed by atoms with Crippen LogP contribution in [0.5, 0.6) is 0 Å². The van der Waals surface area contributed by atoms with Crippen LogP contribution in [0.4, 0.5) is 26.3 Å². The number of imidazole rings is 1. The molecule has 2 heterocycles. The predicted molar refractivity (Wildman–Crippen MR) is 120 cm³/mol. The van der Waals surface area contributed by atoms with Gasteiger partial charge in [-0.3, -0.25) is 4.79 Å². The Morgan fingerprint density at radius 1 is 0.927 bits per heavy atom. The summed E-state index contributed by atoms with van der Waals surface area (Å²) in [6, 6.07) is -0.00786. The van der Waals surface area contributed by atoms with Crippen LogP contribution >= 0.6 is 0 Å². The number of aliphatic hydroxyl groups is 2. The summed E-state index contributed by atoms with van der Waals surface area (Å²) in [6.07, 6.45) is -10.1. The van der Waals surface area contributed by atoms with Gasteiger partial charge >= 0.3 is 24.1 Å². The van der Waals surface area contributed by atoms with E-state index in [2.05, 4.69) is 4.98 Å². The molecule has 19 heteroatoms. The van der Waals surface area contributed by atoms with Gasteiger partial charge in [0, 0.05) is 31.6 Å². The van der Waals surface area contributed by atoms with Crippen LogP contribution in [0.2, 0.25) is 0 Å².